The first-order chi connectivity index (χ1) is 11.1. The van der Waals surface area contributed by atoms with Gasteiger partial charge in [0.1, 0.15) is 11.6 Å². The molecule has 1 amide bonds. The van der Waals surface area contributed by atoms with Crippen LogP contribution < -0.4 is 5.73 Å². The van der Waals surface area contributed by atoms with E-state index in [0.29, 0.717) is 11.1 Å². The van der Waals surface area contributed by atoms with Crippen LogP contribution in [0.15, 0.2) is 34.9 Å². The molecule has 1 heterocycles. The van der Waals surface area contributed by atoms with Gasteiger partial charge in [0.2, 0.25) is 15.9 Å². The molecular weight excluding hydrogens is 335 g/mol. The number of likely N-dealkylation sites (N-methyl/N-ethyl adjacent to an activating group) is 1. The van der Waals surface area contributed by atoms with Crippen molar-refractivity contribution in [3.63, 3.8) is 0 Å². The molecule has 2 aromatic rings. The number of fused-ring (bicyclic) bond motifs is 1. The Balaban J connectivity index is 2.42. The minimum Gasteiger partial charge on any atom is -0.464 e. The van der Waals surface area contributed by atoms with Gasteiger partial charge in [-0.2, -0.15) is 4.31 Å². The van der Waals surface area contributed by atoms with Gasteiger partial charge in [0.25, 0.3) is 0 Å². The third-order valence-electron chi connectivity index (χ3n) is 4.01. The quantitative estimate of drug-likeness (QED) is 0.578. The number of hydrogen-bond acceptors (Lipinski definition) is 6. The number of benzene rings is 1. The van der Waals surface area contributed by atoms with Crippen LogP contribution in [-0.2, 0) is 21.2 Å². The molecule has 2 atom stereocenters. The SMILES string of the molecule is CN([C@@H](C(N)=O)[C@@H](Cc1coc2ccccc12)B(O)O)S(C)(=O)=O. The number of nitrogens with two attached hydrogens (primary N) is 1. The fourth-order valence-corrected chi connectivity index (χ4v) is 3.36. The molecule has 0 radical (unpaired) electrons. The van der Waals surface area contributed by atoms with Crippen molar-refractivity contribution in [3.8, 4) is 0 Å². The Bertz CT molecular complexity index is 835. The van der Waals surface area contributed by atoms with Crippen molar-refractivity contribution in [2.75, 3.05) is 13.3 Å². The molecule has 1 aromatic carbocycles. The summed E-state index contributed by atoms with van der Waals surface area (Å²) in [5, 5.41) is 20.2. The van der Waals surface area contributed by atoms with E-state index in [1.807, 2.05) is 0 Å². The Morgan fingerprint density at radius 1 is 1.38 bits per heavy atom. The number of carbonyl (C=O) groups is 1. The van der Waals surface area contributed by atoms with Crippen LogP contribution in [0.25, 0.3) is 11.0 Å². The van der Waals surface area contributed by atoms with Crippen LogP contribution >= 0.6 is 0 Å². The third-order valence-corrected chi connectivity index (χ3v) is 5.29. The van der Waals surface area contributed by atoms with Crippen LogP contribution in [0.3, 0.4) is 0 Å². The van der Waals surface area contributed by atoms with Crippen LogP contribution in [0.5, 0.6) is 0 Å². The zero-order valence-corrected chi connectivity index (χ0v) is 14.1. The highest BCUT2D eigenvalue weighted by atomic mass is 32.2. The topological polar surface area (TPSA) is 134 Å². The molecule has 0 aliphatic rings. The maximum absolute atomic E-state index is 11.8. The highest BCUT2D eigenvalue weighted by Crippen LogP contribution is 2.29. The lowest BCUT2D eigenvalue weighted by atomic mass is 9.65. The lowest BCUT2D eigenvalue weighted by molar-refractivity contribution is -0.121. The lowest BCUT2D eigenvalue weighted by Crippen LogP contribution is -2.51. The predicted molar refractivity (Wildman–Crippen MR) is 89.4 cm³/mol. The van der Waals surface area contributed by atoms with Gasteiger partial charge in [0.05, 0.1) is 12.5 Å². The molecular formula is C14H19BN2O6S. The number of hydrogen-bond donors (Lipinski definition) is 3. The number of para-hydroxylation sites is 1. The molecule has 0 bridgehead atoms. The zero-order chi connectivity index (χ0) is 18.1. The first-order valence-electron chi connectivity index (χ1n) is 7.16. The summed E-state index contributed by atoms with van der Waals surface area (Å²) >= 11 is 0. The van der Waals surface area contributed by atoms with Crippen molar-refractivity contribution in [2.24, 2.45) is 5.73 Å². The van der Waals surface area contributed by atoms with Crippen molar-refractivity contribution in [3.05, 3.63) is 36.1 Å². The number of nitrogens with zero attached hydrogens (tertiary/aromatic N) is 1. The second-order valence-electron chi connectivity index (χ2n) is 5.67. The van der Waals surface area contributed by atoms with Crippen molar-refractivity contribution in [1.82, 2.24) is 4.31 Å². The predicted octanol–water partition coefficient (Wildman–Crippen LogP) is -0.436. The minimum atomic E-state index is -3.76. The molecule has 0 spiro atoms. The van der Waals surface area contributed by atoms with E-state index in [-0.39, 0.29) is 6.42 Å². The van der Waals surface area contributed by atoms with Gasteiger partial charge in [-0.25, -0.2) is 8.42 Å². The van der Waals surface area contributed by atoms with E-state index < -0.39 is 34.9 Å². The lowest BCUT2D eigenvalue weighted by Gasteiger charge is -2.30. The van der Waals surface area contributed by atoms with Gasteiger partial charge in [-0.1, -0.05) is 18.2 Å². The number of rotatable bonds is 7. The molecule has 8 nitrogen and oxygen atoms in total. The minimum absolute atomic E-state index is 0.00213. The summed E-state index contributed by atoms with van der Waals surface area (Å²) in [6.45, 7) is 0. The molecule has 130 valence electrons. The van der Waals surface area contributed by atoms with Gasteiger partial charge >= 0.3 is 7.12 Å². The Morgan fingerprint density at radius 2 is 2.00 bits per heavy atom. The second kappa shape index (κ2) is 6.93. The third kappa shape index (κ3) is 3.78. The number of amides is 1. The molecule has 2 rings (SSSR count). The Labute approximate surface area is 140 Å². The first kappa shape index (κ1) is 18.5. The zero-order valence-electron chi connectivity index (χ0n) is 13.3. The molecule has 1 aromatic heterocycles. The molecule has 0 saturated carbocycles. The van der Waals surface area contributed by atoms with Gasteiger partial charge < -0.3 is 20.2 Å². The maximum Gasteiger partial charge on any atom is 0.457 e. The highest BCUT2D eigenvalue weighted by molar-refractivity contribution is 7.88. The van der Waals surface area contributed by atoms with Crippen molar-refractivity contribution < 1.29 is 27.7 Å². The molecule has 0 fully saturated rings. The summed E-state index contributed by atoms with van der Waals surface area (Å²) in [7, 11) is -4.53. The molecule has 0 saturated heterocycles. The van der Waals surface area contributed by atoms with Crippen LogP contribution in [0.2, 0.25) is 5.82 Å². The molecule has 0 aliphatic carbocycles. The average molecular weight is 354 g/mol. The maximum atomic E-state index is 11.8. The van der Waals surface area contributed by atoms with E-state index in [4.69, 9.17) is 10.2 Å². The molecule has 0 unspecified atom stereocenters. The number of sulfonamides is 1. The van der Waals surface area contributed by atoms with Gasteiger partial charge in [-0.05, 0) is 18.1 Å². The van der Waals surface area contributed by atoms with Crippen LogP contribution in [-0.4, -0.2) is 55.1 Å². The van der Waals surface area contributed by atoms with E-state index in [1.54, 1.807) is 24.3 Å². The van der Waals surface area contributed by atoms with E-state index >= 15 is 0 Å². The normalized spacial score (nSPS) is 14.7. The van der Waals surface area contributed by atoms with E-state index in [2.05, 4.69) is 0 Å². The largest absolute Gasteiger partial charge is 0.464 e. The molecule has 0 aliphatic heterocycles. The Hall–Kier alpha value is -1.88. The fourth-order valence-electron chi connectivity index (χ4n) is 2.69. The van der Waals surface area contributed by atoms with Crippen molar-refractivity contribution in [1.29, 1.82) is 0 Å². The van der Waals surface area contributed by atoms with Crippen LogP contribution in [0.1, 0.15) is 5.56 Å². The van der Waals surface area contributed by atoms with Gasteiger partial charge in [-0.3, -0.25) is 4.79 Å². The summed E-state index contributed by atoms with van der Waals surface area (Å²) in [6, 6.07) is 5.71. The Kier molecular flexibility index (Phi) is 5.33. The molecule has 24 heavy (non-hydrogen) atoms. The number of primary amides is 1. The smallest absolute Gasteiger partial charge is 0.457 e. The van der Waals surface area contributed by atoms with E-state index in [1.165, 1.54) is 13.3 Å². The van der Waals surface area contributed by atoms with Gasteiger partial charge in [0, 0.05) is 18.3 Å². The average Bonchev–Trinajstić information content (AvgIpc) is 2.88. The summed E-state index contributed by atoms with van der Waals surface area (Å²) in [4.78, 5) is 11.8. The highest BCUT2D eigenvalue weighted by Gasteiger charge is 2.41. The van der Waals surface area contributed by atoms with E-state index in [9.17, 15) is 23.3 Å². The monoisotopic (exact) mass is 354 g/mol. The van der Waals surface area contributed by atoms with Gasteiger partial charge in [0.15, 0.2) is 0 Å². The van der Waals surface area contributed by atoms with Crippen molar-refractivity contribution in [2.45, 2.75) is 18.3 Å². The summed E-state index contributed by atoms with van der Waals surface area (Å²) in [5.74, 6) is -2.11. The van der Waals surface area contributed by atoms with Gasteiger partial charge in [-0.15, -0.1) is 0 Å². The molecule has 10 heteroatoms. The van der Waals surface area contributed by atoms with Crippen LogP contribution in [0, 0.1) is 0 Å². The Morgan fingerprint density at radius 3 is 2.54 bits per heavy atom. The van der Waals surface area contributed by atoms with E-state index in [0.717, 1.165) is 15.9 Å². The summed E-state index contributed by atoms with van der Waals surface area (Å²) in [5.41, 5.74) is 6.55. The van der Waals surface area contributed by atoms with Crippen molar-refractivity contribution >= 4 is 34.0 Å². The second-order valence-corrected chi connectivity index (χ2v) is 7.71. The number of carbonyl (C=O) groups excluding carboxylic acids is 1. The fraction of sp³-hybridized carbons (Fsp3) is 0.357. The number of furan rings is 1. The standard InChI is InChI=1S/C14H19BN2O6S/c1-17(24(2,21)22)13(14(16)18)11(15(19)20)7-9-8-23-12-6-4-3-5-10(9)12/h3-6,8,11,13,19-20H,7H2,1-2H3,(H2,16,18)/t11-,13-/m1/s1. The summed E-state index contributed by atoms with van der Waals surface area (Å²) in [6.07, 6.45) is 2.36. The first-order valence-corrected chi connectivity index (χ1v) is 9.01. The van der Waals surface area contributed by atoms with Crippen LogP contribution in [0.4, 0.5) is 0 Å². The summed E-state index contributed by atoms with van der Waals surface area (Å²) < 4.78 is 29.6. The molecule has 4 N–H and O–H groups in total.